The van der Waals surface area contributed by atoms with E-state index in [1.807, 2.05) is 24.3 Å². The molecule has 7 nitrogen and oxygen atoms in total. The Morgan fingerprint density at radius 2 is 1.70 bits per heavy atom. The molecule has 0 spiro atoms. The van der Waals surface area contributed by atoms with E-state index in [0.717, 1.165) is 16.9 Å². The van der Waals surface area contributed by atoms with Crippen molar-refractivity contribution in [2.45, 2.75) is 78.0 Å². The predicted octanol–water partition coefficient (Wildman–Crippen LogP) is 6.59. The van der Waals surface area contributed by atoms with Crippen molar-refractivity contribution in [2.24, 2.45) is 0 Å². The number of esters is 1. The second-order valence-corrected chi connectivity index (χ2v) is 10.5. The zero-order valence-corrected chi connectivity index (χ0v) is 22.3. The van der Waals surface area contributed by atoms with Crippen molar-refractivity contribution >= 4 is 28.6 Å². The first-order valence-electron chi connectivity index (χ1n) is 12.7. The summed E-state index contributed by atoms with van der Waals surface area (Å²) in [6.07, 6.45) is 2.23. The SMILES string of the molecule is CC(C)n1c([C@H](CCCCC(=N)CF)NC(=O)c2ccccc2C(=O)OC(C)(C)C)nc2ccccc21. The van der Waals surface area contributed by atoms with Gasteiger partial charge in [-0.05, 0) is 78.1 Å². The van der Waals surface area contributed by atoms with Gasteiger partial charge in [0.05, 0.1) is 28.2 Å². The quantitative estimate of drug-likeness (QED) is 0.173. The topological polar surface area (TPSA) is 97.1 Å². The maximum absolute atomic E-state index is 13.6. The van der Waals surface area contributed by atoms with Gasteiger partial charge in [0.1, 0.15) is 18.1 Å². The molecule has 0 saturated carbocycles. The molecule has 2 aromatic carbocycles. The molecule has 0 bridgehead atoms. The summed E-state index contributed by atoms with van der Waals surface area (Å²) < 4.78 is 20.4. The number of hydrogen-bond acceptors (Lipinski definition) is 5. The summed E-state index contributed by atoms with van der Waals surface area (Å²) in [5.74, 6) is -0.237. The minimum Gasteiger partial charge on any atom is -0.456 e. The Bertz CT molecular complexity index is 1260. The number of fused-ring (bicyclic) bond motifs is 1. The molecule has 1 aromatic heterocycles. The zero-order chi connectivity index (χ0) is 27.2. The number of halogens is 1. The van der Waals surface area contributed by atoms with E-state index in [-0.39, 0.29) is 22.9 Å². The molecule has 0 saturated heterocycles. The molecular formula is C29H37FN4O3. The van der Waals surface area contributed by atoms with E-state index < -0.39 is 30.2 Å². The highest BCUT2D eigenvalue weighted by atomic mass is 19.1. The number of aromatic nitrogens is 2. The van der Waals surface area contributed by atoms with Gasteiger partial charge in [-0.3, -0.25) is 4.79 Å². The van der Waals surface area contributed by atoms with Crippen LogP contribution in [0, 0.1) is 5.41 Å². The molecule has 0 aliphatic heterocycles. The van der Waals surface area contributed by atoms with Crippen LogP contribution in [0.2, 0.25) is 0 Å². The normalized spacial score (nSPS) is 12.5. The van der Waals surface area contributed by atoms with Gasteiger partial charge in [0.15, 0.2) is 0 Å². The van der Waals surface area contributed by atoms with E-state index in [0.29, 0.717) is 25.7 Å². The van der Waals surface area contributed by atoms with Crippen LogP contribution in [0.1, 0.15) is 98.9 Å². The molecule has 198 valence electrons. The first-order valence-corrected chi connectivity index (χ1v) is 12.7. The van der Waals surface area contributed by atoms with Gasteiger partial charge >= 0.3 is 5.97 Å². The van der Waals surface area contributed by atoms with E-state index >= 15 is 0 Å². The number of nitrogens with one attached hydrogen (secondary N) is 2. The number of rotatable bonds is 11. The van der Waals surface area contributed by atoms with Crippen LogP contribution < -0.4 is 5.32 Å². The van der Waals surface area contributed by atoms with Crippen LogP contribution in [0.25, 0.3) is 11.0 Å². The van der Waals surface area contributed by atoms with E-state index in [4.69, 9.17) is 15.1 Å². The largest absolute Gasteiger partial charge is 0.456 e. The van der Waals surface area contributed by atoms with Crippen molar-refractivity contribution in [3.63, 3.8) is 0 Å². The summed E-state index contributed by atoms with van der Waals surface area (Å²) >= 11 is 0. The molecule has 0 unspecified atom stereocenters. The summed E-state index contributed by atoms with van der Waals surface area (Å²) in [5.41, 5.74) is 1.61. The average Bonchev–Trinajstić information content (AvgIpc) is 3.24. The Labute approximate surface area is 217 Å². The summed E-state index contributed by atoms with van der Waals surface area (Å²) in [4.78, 5) is 31.3. The van der Waals surface area contributed by atoms with Crippen molar-refractivity contribution in [3.8, 4) is 0 Å². The Kier molecular flexibility index (Phi) is 9.18. The fraction of sp³-hybridized carbons (Fsp3) is 0.448. The number of ether oxygens (including phenoxy) is 1. The van der Waals surface area contributed by atoms with Crippen molar-refractivity contribution in [1.29, 1.82) is 5.41 Å². The molecular weight excluding hydrogens is 471 g/mol. The van der Waals surface area contributed by atoms with Gasteiger partial charge in [-0.2, -0.15) is 0 Å². The number of nitrogens with zero attached hydrogens (tertiary/aromatic N) is 2. The second kappa shape index (κ2) is 12.1. The lowest BCUT2D eigenvalue weighted by atomic mass is 10.0. The highest BCUT2D eigenvalue weighted by Gasteiger charge is 2.27. The second-order valence-electron chi connectivity index (χ2n) is 10.5. The van der Waals surface area contributed by atoms with Crippen LogP contribution in [0.4, 0.5) is 4.39 Å². The number of amides is 1. The third-order valence-corrected chi connectivity index (χ3v) is 5.93. The van der Waals surface area contributed by atoms with E-state index in [1.54, 1.807) is 45.0 Å². The van der Waals surface area contributed by atoms with Crippen molar-refractivity contribution < 1.29 is 18.7 Å². The molecule has 0 radical (unpaired) electrons. The smallest absolute Gasteiger partial charge is 0.339 e. The number of imidazole rings is 1. The lowest BCUT2D eigenvalue weighted by Crippen LogP contribution is -2.33. The number of unbranched alkanes of at least 4 members (excludes halogenated alkanes) is 1. The van der Waals surface area contributed by atoms with E-state index in [9.17, 15) is 14.0 Å². The molecule has 1 heterocycles. The van der Waals surface area contributed by atoms with Crippen LogP contribution >= 0.6 is 0 Å². The fourth-order valence-corrected chi connectivity index (χ4v) is 4.30. The Balaban J connectivity index is 1.95. The molecule has 0 aliphatic carbocycles. The lowest BCUT2D eigenvalue weighted by Gasteiger charge is -2.23. The lowest BCUT2D eigenvalue weighted by molar-refractivity contribution is 0.00674. The van der Waals surface area contributed by atoms with Crippen molar-refractivity contribution in [3.05, 3.63) is 65.5 Å². The van der Waals surface area contributed by atoms with Crippen molar-refractivity contribution in [2.75, 3.05) is 6.67 Å². The molecule has 3 rings (SSSR count). The van der Waals surface area contributed by atoms with E-state index in [1.165, 1.54) is 0 Å². The highest BCUT2D eigenvalue weighted by molar-refractivity contribution is 6.05. The first-order chi connectivity index (χ1) is 17.5. The summed E-state index contributed by atoms with van der Waals surface area (Å²) in [5, 5.41) is 10.7. The number of benzene rings is 2. The molecule has 0 fully saturated rings. The van der Waals surface area contributed by atoms with Crippen LogP contribution in [0.5, 0.6) is 0 Å². The van der Waals surface area contributed by atoms with E-state index in [2.05, 4.69) is 23.7 Å². The van der Waals surface area contributed by atoms with Gasteiger partial charge in [0.25, 0.3) is 5.91 Å². The number of carbonyl (C=O) groups is 2. The number of alkyl halides is 1. The number of para-hydroxylation sites is 2. The molecule has 0 aliphatic rings. The van der Waals surface area contributed by atoms with Crippen LogP contribution in [-0.4, -0.2) is 39.4 Å². The minimum atomic E-state index is -0.745. The summed E-state index contributed by atoms with van der Waals surface area (Å²) in [6, 6.07) is 14.1. The van der Waals surface area contributed by atoms with Gasteiger partial charge in [-0.25, -0.2) is 14.2 Å². The zero-order valence-electron chi connectivity index (χ0n) is 22.3. The number of carbonyl (C=O) groups excluding carboxylic acids is 2. The third-order valence-electron chi connectivity index (χ3n) is 5.93. The molecule has 37 heavy (non-hydrogen) atoms. The van der Waals surface area contributed by atoms with Gasteiger partial charge in [-0.1, -0.05) is 30.7 Å². The highest BCUT2D eigenvalue weighted by Crippen LogP contribution is 2.28. The maximum Gasteiger partial charge on any atom is 0.339 e. The first kappa shape index (κ1) is 28.0. The number of hydrogen-bond donors (Lipinski definition) is 2. The monoisotopic (exact) mass is 508 g/mol. The Morgan fingerprint density at radius 1 is 1.05 bits per heavy atom. The summed E-state index contributed by atoms with van der Waals surface area (Å²) in [6.45, 7) is 8.73. The molecule has 3 aromatic rings. The average molecular weight is 509 g/mol. The summed E-state index contributed by atoms with van der Waals surface area (Å²) in [7, 11) is 0. The van der Waals surface area contributed by atoms with Gasteiger partial charge in [0.2, 0.25) is 0 Å². The van der Waals surface area contributed by atoms with Crippen LogP contribution in [0.3, 0.4) is 0 Å². The third kappa shape index (κ3) is 7.24. The van der Waals surface area contributed by atoms with Crippen LogP contribution in [-0.2, 0) is 4.74 Å². The Hall–Kier alpha value is -3.55. The molecule has 2 N–H and O–H groups in total. The standard InChI is InChI=1S/C29H37FN4O3/c1-19(2)34-25-17-11-10-15-23(25)32-26(34)24(16-9-6-12-20(31)18-30)33-27(35)21-13-7-8-14-22(21)28(36)37-29(3,4)5/h7-8,10-11,13-15,17,19,24,31H,6,9,12,16,18H2,1-5H3,(H,33,35)/t24-/m0/s1. The maximum atomic E-state index is 13.6. The van der Waals surface area contributed by atoms with Gasteiger partial charge in [0, 0.05) is 11.8 Å². The predicted molar refractivity (Wildman–Crippen MR) is 144 cm³/mol. The Morgan fingerprint density at radius 3 is 2.35 bits per heavy atom. The molecule has 1 atom stereocenters. The fourth-order valence-electron chi connectivity index (χ4n) is 4.30. The minimum absolute atomic E-state index is 0.0706. The molecule has 1 amide bonds. The molecule has 8 heteroatoms. The van der Waals surface area contributed by atoms with Crippen LogP contribution in [0.15, 0.2) is 48.5 Å². The van der Waals surface area contributed by atoms with Gasteiger partial charge < -0.3 is 20.0 Å². The van der Waals surface area contributed by atoms with Gasteiger partial charge in [-0.15, -0.1) is 0 Å². The van der Waals surface area contributed by atoms with Crippen molar-refractivity contribution in [1.82, 2.24) is 14.9 Å².